The largest absolute Gasteiger partial charge is 0.497 e. The van der Waals surface area contributed by atoms with Crippen LogP contribution in [0.3, 0.4) is 0 Å². The zero-order chi connectivity index (χ0) is 21.4. The van der Waals surface area contributed by atoms with Crippen LogP contribution in [0.4, 0.5) is 4.39 Å². The van der Waals surface area contributed by atoms with Crippen LogP contribution in [-0.2, 0) is 27.1 Å². The molecule has 0 radical (unpaired) electrons. The molecule has 1 unspecified atom stereocenters. The van der Waals surface area contributed by atoms with Gasteiger partial charge in [-0.2, -0.15) is 0 Å². The van der Waals surface area contributed by atoms with E-state index in [9.17, 15) is 13.4 Å². The highest BCUT2D eigenvalue weighted by molar-refractivity contribution is 8.00. The number of nitrogens with zero attached hydrogens (tertiary/aromatic N) is 2. The highest BCUT2D eigenvalue weighted by Gasteiger charge is 2.34. The van der Waals surface area contributed by atoms with E-state index in [0.717, 1.165) is 0 Å². The molecule has 158 valence electrons. The quantitative estimate of drug-likeness (QED) is 0.324. The number of methoxy groups -OCH3 is 1. The van der Waals surface area contributed by atoms with Gasteiger partial charge < -0.3 is 9.47 Å². The molecule has 1 aromatic carbocycles. The Balaban J connectivity index is 2.39. The topological polar surface area (TPSA) is 68.7 Å². The Kier molecular flexibility index (Phi) is 8.94. The number of pyridine rings is 1. The second kappa shape index (κ2) is 11.0. The van der Waals surface area contributed by atoms with Crippen molar-refractivity contribution in [3.8, 4) is 5.75 Å². The van der Waals surface area contributed by atoms with Crippen LogP contribution in [0.5, 0.6) is 5.75 Å². The monoisotopic (exact) mass is 458 g/mol. The van der Waals surface area contributed by atoms with Gasteiger partial charge in [0.05, 0.1) is 18.7 Å². The fourth-order valence-corrected chi connectivity index (χ4v) is 4.03. The highest BCUT2D eigenvalue weighted by Crippen LogP contribution is 2.26. The molecule has 1 heterocycles. The molecule has 2 rings (SSSR count). The second-order valence-electron chi connectivity index (χ2n) is 6.21. The summed E-state index contributed by atoms with van der Waals surface area (Å²) in [5.41, 5.74) is 0.713. The lowest BCUT2D eigenvalue weighted by Crippen LogP contribution is -2.44. The maximum Gasteiger partial charge on any atom is 0.326 e. The Labute approximate surface area is 183 Å². The van der Waals surface area contributed by atoms with Crippen LogP contribution in [0.2, 0.25) is 0 Å². The van der Waals surface area contributed by atoms with Gasteiger partial charge in [-0.05, 0) is 42.8 Å². The van der Waals surface area contributed by atoms with Gasteiger partial charge in [0.1, 0.15) is 22.8 Å². The number of carbonyl (C=O) groups is 1. The second-order valence-corrected chi connectivity index (χ2v) is 9.71. The van der Waals surface area contributed by atoms with Crippen molar-refractivity contribution in [1.29, 1.82) is 0 Å². The molecule has 0 saturated carbocycles. The average molecular weight is 459 g/mol. The molecule has 0 saturated heterocycles. The minimum Gasteiger partial charge on any atom is -0.497 e. The smallest absolute Gasteiger partial charge is 0.326 e. The lowest BCUT2D eigenvalue weighted by Gasteiger charge is -2.30. The van der Waals surface area contributed by atoms with Gasteiger partial charge in [0.25, 0.3) is 0 Å². The molecule has 29 heavy (non-hydrogen) atoms. The van der Waals surface area contributed by atoms with Crippen molar-refractivity contribution in [2.45, 2.75) is 35.1 Å². The number of carbonyl (C=O) groups excluding carboxylic acids is 1. The van der Waals surface area contributed by atoms with E-state index in [0.29, 0.717) is 16.2 Å². The van der Waals surface area contributed by atoms with E-state index in [4.69, 9.17) is 9.47 Å². The summed E-state index contributed by atoms with van der Waals surface area (Å²) in [6.45, 7) is 0.774. The fourth-order valence-electron chi connectivity index (χ4n) is 2.52. The number of hydrogen-bond acceptors (Lipinski definition) is 7. The first-order valence-electron chi connectivity index (χ1n) is 8.70. The van der Waals surface area contributed by atoms with Gasteiger partial charge in [0, 0.05) is 25.4 Å². The van der Waals surface area contributed by atoms with Crippen LogP contribution in [0.25, 0.3) is 0 Å². The molecular weight excluding hydrogens is 435 g/mol. The molecule has 0 aliphatic heterocycles. The van der Waals surface area contributed by atoms with Gasteiger partial charge in [0.15, 0.2) is 4.27 Å². The minimum absolute atomic E-state index is 0.0993. The van der Waals surface area contributed by atoms with Crippen molar-refractivity contribution in [1.82, 2.24) is 9.29 Å². The number of hydrogen-bond donors (Lipinski definition) is 2. The predicted molar refractivity (Wildman–Crippen MR) is 116 cm³/mol. The highest BCUT2D eigenvalue weighted by atomic mass is 32.2. The molecule has 0 fully saturated rings. The third-order valence-corrected chi connectivity index (χ3v) is 5.50. The van der Waals surface area contributed by atoms with Crippen molar-refractivity contribution in [2.75, 3.05) is 13.8 Å². The van der Waals surface area contributed by atoms with Crippen LogP contribution in [0.15, 0.2) is 53.7 Å². The van der Waals surface area contributed by atoms with Crippen molar-refractivity contribution in [3.05, 3.63) is 54.4 Å². The molecule has 0 bridgehead atoms. The van der Waals surface area contributed by atoms with E-state index in [1.807, 2.05) is 0 Å². The fraction of sp³-hybridized carbons (Fsp3) is 0.368. The Hall–Kier alpha value is -1.62. The van der Waals surface area contributed by atoms with Crippen LogP contribution in [0.1, 0.15) is 18.9 Å². The number of halogens is 1. The standard InChI is InChI=1S/C19H23FN2O4S3/c1-19(27,28)26-18(23)17(9-10-20)22(13-14-4-3-11-21-12-14)29(24)16-7-5-15(25-2)6-8-16/h3-8,11-12,17,27-28H,9-10,13H2,1-2H3/t17-,29?/m0/s1. The number of rotatable bonds is 10. The lowest BCUT2D eigenvalue weighted by atomic mass is 10.2. The van der Waals surface area contributed by atoms with Gasteiger partial charge in [-0.3, -0.25) is 14.2 Å². The lowest BCUT2D eigenvalue weighted by molar-refractivity contribution is -0.151. The van der Waals surface area contributed by atoms with E-state index in [1.54, 1.807) is 48.8 Å². The molecule has 0 N–H and O–H groups in total. The molecule has 1 aromatic heterocycles. The van der Waals surface area contributed by atoms with Crippen molar-refractivity contribution in [3.63, 3.8) is 0 Å². The summed E-state index contributed by atoms with van der Waals surface area (Å²) in [5, 5.41) is 0. The van der Waals surface area contributed by atoms with Gasteiger partial charge in [-0.15, -0.1) is 25.3 Å². The molecule has 10 heteroatoms. The summed E-state index contributed by atoms with van der Waals surface area (Å²) in [4.78, 5) is 17.2. The molecule has 0 aliphatic rings. The summed E-state index contributed by atoms with van der Waals surface area (Å²) in [5.74, 6) is -0.161. The summed E-state index contributed by atoms with van der Waals surface area (Å²) in [7, 11) is -0.252. The van der Waals surface area contributed by atoms with E-state index in [-0.39, 0.29) is 13.0 Å². The number of alkyl halides is 1. The van der Waals surface area contributed by atoms with E-state index in [2.05, 4.69) is 30.2 Å². The SMILES string of the molecule is COc1ccc(S(=O)N(Cc2cccnc2)[C@@H](CCF)C(=O)OC(C)(S)S)cc1. The molecular formula is C19H23FN2O4S3. The van der Waals surface area contributed by atoms with Crippen LogP contribution in [-0.4, -0.2) is 43.6 Å². The maximum absolute atomic E-state index is 13.3. The maximum atomic E-state index is 13.3. The van der Waals surface area contributed by atoms with Crippen molar-refractivity contribution in [2.24, 2.45) is 0 Å². The Bertz CT molecular complexity index is 816. The number of ether oxygens (including phenoxy) is 2. The van der Waals surface area contributed by atoms with Crippen molar-refractivity contribution < 1.29 is 22.9 Å². The van der Waals surface area contributed by atoms with Crippen LogP contribution >= 0.6 is 25.3 Å². The van der Waals surface area contributed by atoms with E-state index >= 15 is 0 Å². The minimum atomic E-state index is -1.78. The van der Waals surface area contributed by atoms with Gasteiger partial charge >= 0.3 is 5.97 Å². The number of esters is 1. The Morgan fingerprint density at radius 1 is 1.31 bits per heavy atom. The molecule has 6 nitrogen and oxygen atoms in total. The first-order chi connectivity index (χ1) is 13.7. The molecule has 0 spiro atoms. The number of aromatic nitrogens is 1. The zero-order valence-electron chi connectivity index (χ0n) is 16.0. The average Bonchev–Trinajstić information content (AvgIpc) is 2.69. The Morgan fingerprint density at radius 3 is 2.52 bits per heavy atom. The molecule has 2 atom stereocenters. The van der Waals surface area contributed by atoms with Gasteiger partial charge in [-0.25, -0.2) is 8.51 Å². The van der Waals surface area contributed by atoms with Crippen LogP contribution in [0, 0.1) is 0 Å². The Morgan fingerprint density at radius 2 is 2.00 bits per heavy atom. The normalized spacial score (nSPS) is 13.7. The van der Waals surface area contributed by atoms with Gasteiger partial charge in [-0.1, -0.05) is 6.07 Å². The van der Waals surface area contributed by atoms with Crippen molar-refractivity contribution >= 4 is 42.2 Å². The summed E-state index contributed by atoms with van der Waals surface area (Å²) < 4.78 is 37.0. The summed E-state index contributed by atoms with van der Waals surface area (Å²) >= 11 is 8.15. The van der Waals surface area contributed by atoms with E-state index in [1.165, 1.54) is 18.3 Å². The molecule has 0 amide bonds. The van der Waals surface area contributed by atoms with E-state index < -0.39 is 33.9 Å². The van der Waals surface area contributed by atoms with Crippen LogP contribution < -0.4 is 4.74 Å². The first-order valence-corrected chi connectivity index (χ1v) is 10.7. The number of thiol groups is 2. The summed E-state index contributed by atoms with van der Waals surface area (Å²) in [6, 6.07) is 8.98. The third-order valence-electron chi connectivity index (χ3n) is 3.83. The third kappa shape index (κ3) is 7.29. The number of benzene rings is 1. The zero-order valence-corrected chi connectivity index (χ0v) is 18.6. The predicted octanol–water partition coefficient (Wildman–Crippen LogP) is 3.42. The first kappa shape index (κ1) is 23.7. The molecule has 2 aromatic rings. The molecule has 0 aliphatic carbocycles. The summed E-state index contributed by atoms with van der Waals surface area (Å²) in [6.07, 6.45) is 3.00. The van der Waals surface area contributed by atoms with Gasteiger partial charge in [0.2, 0.25) is 0 Å².